The number of fused-ring (bicyclic) bond motifs is 1. The fraction of sp³-hybridized carbons (Fsp3) is 0.316. The van der Waals surface area contributed by atoms with Gasteiger partial charge in [-0.05, 0) is 18.2 Å². The van der Waals surface area contributed by atoms with Crippen LogP contribution in [0.25, 0.3) is 11.0 Å². The number of aryl methyl sites for hydroxylation is 1. The third-order valence-corrected chi connectivity index (χ3v) is 4.49. The van der Waals surface area contributed by atoms with E-state index in [1.54, 1.807) is 12.4 Å². The predicted octanol–water partition coefficient (Wildman–Crippen LogP) is 2.49. The molecule has 3 heterocycles. The maximum atomic E-state index is 12.6. The van der Waals surface area contributed by atoms with Crippen molar-refractivity contribution < 1.29 is 9.53 Å². The highest BCUT2D eigenvalue weighted by Crippen LogP contribution is 2.22. The summed E-state index contributed by atoms with van der Waals surface area (Å²) < 4.78 is 5.79. The number of morpholine rings is 1. The molecule has 0 radical (unpaired) electrons. The SMILES string of the molecule is O=C(CCc1nc2ccccc2[nH]1)N1CCOC(c2cccnc2)C1. The highest BCUT2D eigenvalue weighted by Gasteiger charge is 2.25. The first-order chi connectivity index (χ1) is 12.3. The number of hydrogen-bond acceptors (Lipinski definition) is 4. The standard InChI is InChI=1S/C19H20N4O2/c24-19(8-7-18-21-15-5-1-2-6-16(15)22-18)23-10-11-25-17(13-23)14-4-3-9-20-12-14/h1-6,9,12,17H,7-8,10-11,13H2,(H,21,22). The minimum atomic E-state index is -0.0994. The second-order valence-corrected chi connectivity index (χ2v) is 6.19. The molecular formula is C19H20N4O2. The number of nitrogens with zero attached hydrogens (tertiary/aromatic N) is 3. The topological polar surface area (TPSA) is 71.1 Å². The molecule has 0 aliphatic carbocycles. The zero-order valence-corrected chi connectivity index (χ0v) is 13.9. The first-order valence-electron chi connectivity index (χ1n) is 8.52. The van der Waals surface area contributed by atoms with Crippen LogP contribution >= 0.6 is 0 Å². The molecule has 1 amide bonds. The number of amides is 1. The van der Waals surface area contributed by atoms with Crippen molar-refractivity contribution in [2.45, 2.75) is 18.9 Å². The average molecular weight is 336 g/mol. The number of nitrogens with one attached hydrogen (secondary N) is 1. The fourth-order valence-electron chi connectivity index (χ4n) is 3.15. The number of aromatic amines is 1. The van der Waals surface area contributed by atoms with Gasteiger partial charge >= 0.3 is 0 Å². The summed E-state index contributed by atoms with van der Waals surface area (Å²) in [6.45, 7) is 1.76. The van der Waals surface area contributed by atoms with Crippen molar-refractivity contribution in [3.8, 4) is 0 Å². The molecule has 6 nitrogen and oxygen atoms in total. The Morgan fingerprint density at radius 3 is 3.04 bits per heavy atom. The van der Waals surface area contributed by atoms with Gasteiger partial charge in [-0.25, -0.2) is 4.98 Å². The van der Waals surface area contributed by atoms with Gasteiger partial charge in [0.05, 0.1) is 24.2 Å². The predicted molar refractivity (Wildman–Crippen MR) is 93.9 cm³/mol. The van der Waals surface area contributed by atoms with E-state index in [2.05, 4.69) is 15.0 Å². The number of hydrogen-bond donors (Lipinski definition) is 1. The van der Waals surface area contributed by atoms with Crippen LogP contribution in [0, 0.1) is 0 Å². The summed E-state index contributed by atoms with van der Waals surface area (Å²) in [4.78, 5) is 26.4. The van der Waals surface area contributed by atoms with E-state index in [0.717, 1.165) is 22.4 Å². The van der Waals surface area contributed by atoms with Gasteiger partial charge in [-0.3, -0.25) is 9.78 Å². The van der Waals surface area contributed by atoms with Crippen LogP contribution in [0.3, 0.4) is 0 Å². The van der Waals surface area contributed by atoms with E-state index in [4.69, 9.17) is 4.74 Å². The maximum Gasteiger partial charge on any atom is 0.223 e. The fourth-order valence-corrected chi connectivity index (χ4v) is 3.15. The average Bonchev–Trinajstić information content (AvgIpc) is 3.10. The van der Waals surface area contributed by atoms with Crippen LogP contribution in [0.15, 0.2) is 48.8 Å². The number of aromatic nitrogens is 3. The molecule has 1 aliphatic heterocycles. The number of rotatable bonds is 4. The van der Waals surface area contributed by atoms with Gasteiger partial charge in [0.15, 0.2) is 0 Å². The van der Waals surface area contributed by atoms with E-state index < -0.39 is 0 Å². The monoisotopic (exact) mass is 336 g/mol. The Kier molecular flexibility index (Phi) is 4.43. The lowest BCUT2D eigenvalue weighted by molar-refractivity contribution is -0.139. The van der Waals surface area contributed by atoms with Crippen molar-refractivity contribution >= 4 is 16.9 Å². The molecule has 0 spiro atoms. The van der Waals surface area contributed by atoms with E-state index in [1.165, 1.54) is 0 Å². The van der Waals surface area contributed by atoms with Gasteiger partial charge in [0.25, 0.3) is 0 Å². The zero-order chi connectivity index (χ0) is 17.1. The van der Waals surface area contributed by atoms with Gasteiger partial charge < -0.3 is 14.6 Å². The number of pyridine rings is 1. The quantitative estimate of drug-likeness (QED) is 0.794. The Bertz CT molecular complexity index is 829. The molecule has 0 saturated carbocycles. The summed E-state index contributed by atoms with van der Waals surface area (Å²) >= 11 is 0. The molecule has 0 bridgehead atoms. The number of imidazole rings is 1. The van der Waals surface area contributed by atoms with Gasteiger partial charge in [-0.2, -0.15) is 0 Å². The summed E-state index contributed by atoms with van der Waals surface area (Å²) in [5, 5.41) is 0. The van der Waals surface area contributed by atoms with E-state index in [9.17, 15) is 4.79 Å². The zero-order valence-electron chi connectivity index (χ0n) is 13.9. The summed E-state index contributed by atoms with van der Waals surface area (Å²) in [7, 11) is 0. The molecule has 2 aromatic heterocycles. The minimum absolute atomic E-state index is 0.0994. The number of carbonyl (C=O) groups is 1. The number of carbonyl (C=O) groups excluding carboxylic acids is 1. The smallest absolute Gasteiger partial charge is 0.223 e. The normalized spacial score (nSPS) is 17.8. The van der Waals surface area contributed by atoms with Gasteiger partial charge in [0.1, 0.15) is 11.9 Å². The van der Waals surface area contributed by atoms with E-state index >= 15 is 0 Å². The van der Waals surface area contributed by atoms with Crippen LogP contribution in [0.5, 0.6) is 0 Å². The maximum absolute atomic E-state index is 12.6. The first-order valence-corrected chi connectivity index (χ1v) is 8.52. The third kappa shape index (κ3) is 3.53. The Morgan fingerprint density at radius 1 is 1.28 bits per heavy atom. The third-order valence-electron chi connectivity index (χ3n) is 4.49. The Hall–Kier alpha value is -2.73. The second kappa shape index (κ2) is 7.03. The largest absolute Gasteiger partial charge is 0.370 e. The summed E-state index contributed by atoms with van der Waals surface area (Å²) in [5.41, 5.74) is 2.96. The molecule has 6 heteroatoms. The molecule has 3 aromatic rings. The van der Waals surface area contributed by atoms with Gasteiger partial charge in [-0.15, -0.1) is 0 Å². The number of H-pyrrole nitrogens is 1. The molecule has 1 N–H and O–H groups in total. The molecule has 1 unspecified atom stereocenters. The lowest BCUT2D eigenvalue weighted by atomic mass is 10.1. The lowest BCUT2D eigenvalue weighted by Crippen LogP contribution is -2.42. The first kappa shape index (κ1) is 15.8. The van der Waals surface area contributed by atoms with Crippen molar-refractivity contribution in [3.63, 3.8) is 0 Å². The highest BCUT2D eigenvalue weighted by atomic mass is 16.5. The molecular weight excluding hydrogens is 316 g/mol. The highest BCUT2D eigenvalue weighted by molar-refractivity contribution is 5.77. The molecule has 1 aliphatic rings. The van der Waals surface area contributed by atoms with Crippen molar-refractivity contribution in [1.29, 1.82) is 0 Å². The molecule has 4 rings (SSSR count). The van der Waals surface area contributed by atoms with Crippen LogP contribution in [-0.4, -0.2) is 45.5 Å². The van der Waals surface area contributed by atoms with Crippen molar-refractivity contribution in [1.82, 2.24) is 19.9 Å². The van der Waals surface area contributed by atoms with Gasteiger partial charge in [-0.1, -0.05) is 18.2 Å². The number of ether oxygens (including phenoxy) is 1. The molecule has 128 valence electrons. The Labute approximate surface area is 145 Å². The molecule has 1 saturated heterocycles. The van der Waals surface area contributed by atoms with E-state index in [0.29, 0.717) is 32.5 Å². The molecule has 1 aromatic carbocycles. The molecule has 25 heavy (non-hydrogen) atoms. The Balaban J connectivity index is 1.37. The van der Waals surface area contributed by atoms with E-state index in [-0.39, 0.29) is 12.0 Å². The van der Waals surface area contributed by atoms with Crippen LogP contribution < -0.4 is 0 Å². The Morgan fingerprint density at radius 2 is 2.20 bits per heavy atom. The lowest BCUT2D eigenvalue weighted by Gasteiger charge is -2.33. The van der Waals surface area contributed by atoms with Gasteiger partial charge in [0, 0.05) is 37.3 Å². The number of benzene rings is 1. The van der Waals surface area contributed by atoms with Crippen molar-refractivity contribution in [2.24, 2.45) is 0 Å². The summed E-state index contributed by atoms with van der Waals surface area (Å²) in [5.74, 6) is 0.990. The number of para-hydroxylation sites is 2. The van der Waals surface area contributed by atoms with Crippen molar-refractivity contribution in [2.75, 3.05) is 19.7 Å². The van der Waals surface area contributed by atoms with E-state index in [1.807, 2.05) is 41.3 Å². The molecule has 1 fully saturated rings. The van der Waals surface area contributed by atoms with Crippen LogP contribution in [0.2, 0.25) is 0 Å². The van der Waals surface area contributed by atoms with Crippen LogP contribution in [0.4, 0.5) is 0 Å². The van der Waals surface area contributed by atoms with Crippen LogP contribution in [0.1, 0.15) is 23.9 Å². The van der Waals surface area contributed by atoms with Crippen LogP contribution in [-0.2, 0) is 16.0 Å². The van der Waals surface area contributed by atoms with Gasteiger partial charge in [0.2, 0.25) is 5.91 Å². The minimum Gasteiger partial charge on any atom is -0.370 e. The molecule has 1 atom stereocenters. The van der Waals surface area contributed by atoms with Crippen molar-refractivity contribution in [3.05, 3.63) is 60.2 Å². The second-order valence-electron chi connectivity index (χ2n) is 6.19. The summed E-state index contributed by atoms with van der Waals surface area (Å²) in [6, 6.07) is 11.8. The summed E-state index contributed by atoms with van der Waals surface area (Å²) in [6.07, 6.45) is 4.50.